The maximum Gasteiger partial charge on any atom is 0.338 e. The van der Waals surface area contributed by atoms with E-state index in [0.29, 0.717) is 41.2 Å². The Bertz CT molecular complexity index is 936. The van der Waals surface area contributed by atoms with Crippen LogP contribution in [0.3, 0.4) is 0 Å². The molecule has 1 N–H and O–H groups in total. The molecular formula is C20H23ClN4O4. The van der Waals surface area contributed by atoms with Gasteiger partial charge in [0.1, 0.15) is 24.7 Å². The topological polar surface area (TPSA) is 87.5 Å². The van der Waals surface area contributed by atoms with Gasteiger partial charge in [-0.15, -0.1) is 0 Å². The fraction of sp³-hybridized carbons (Fsp3) is 0.450. The van der Waals surface area contributed by atoms with Crippen LogP contribution in [0.4, 0.5) is 5.95 Å². The summed E-state index contributed by atoms with van der Waals surface area (Å²) in [7, 11) is 0. The van der Waals surface area contributed by atoms with Crippen molar-refractivity contribution in [3.63, 3.8) is 0 Å². The van der Waals surface area contributed by atoms with Gasteiger partial charge in [-0.2, -0.15) is 10.1 Å². The van der Waals surface area contributed by atoms with Crippen LogP contribution in [-0.2, 0) is 14.3 Å². The molecule has 4 rings (SSSR count). The maximum absolute atomic E-state index is 13.0. The van der Waals surface area contributed by atoms with Crippen molar-refractivity contribution in [3.05, 3.63) is 46.4 Å². The molecule has 1 fully saturated rings. The summed E-state index contributed by atoms with van der Waals surface area (Å²) in [5.74, 6) is 0.726. The third kappa shape index (κ3) is 3.95. The van der Waals surface area contributed by atoms with E-state index in [4.69, 9.17) is 25.8 Å². The standard InChI is InChI=1S/C20H23ClN4O4/c1-3-27-16-7-6-13(9-15(16)21)18-17(12(2)24-20-22-11-23-25(18)20)19(26)29-10-14-5-4-8-28-14/h6-7,9,11,14,18H,3-5,8,10H2,1-2H3,(H,22,23,24). The van der Waals surface area contributed by atoms with Gasteiger partial charge >= 0.3 is 5.97 Å². The van der Waals surface area contributed by atoms with E-state index >= 15 is 0 Å². The smallest absolute Gasteiger partial charge is 0.338 e. The third-order valence-electron chi connectivity index (χ3n) is 5.01. The van der Waals surface area contributed by atoms with Gasteiger partial charge in [0, 0.05) is 12.3 Å². The molecule has 0 bridgehead atoms. The Labute approximate surface area is 173 Å². The van der Waals surface area contributed by atoms with Crippen LogP contribution in [0.1, 0.15) is 38.3 Å². The summed E-state index contributed by atoms with van der Waals surface area (Å²) >= 11 is 6.40. The minimum Gasteiger partial charge on any atom is -0.492 e. The zero-order valence-electron chi connectivity index (χ0n) is 16.4. The van der Waals surface area contributed by atoms with E-state index < -0.39 is 12.0 Å². The predicted molar refractivity (Wildman–Crippen MR) is 107 cm³/mol. The van der Waals surface area contributed by atoms with Crippen LogP contribution in [0.25, 0.3) is 0 Å². The lowest BCUT2D eigenvalue weighted by molar-refractivity contribution is -0.142. The molecule has 2 unspecified atom stereocenters. The van der Waals surface area contributed by atoms with E-state index in [1.54, 1.807) is 16.8 Å². The number of hydrogen-bond acceptors (Lipinski definition) is 7. The lowest BCUT2D eigenvalue weighted by atomic mass is 9.95. The Hall–Kier alpha value is -2.58. The van der Waals surface area contributed by atoms with Crippen molar-refractivity contribution in [1.29, 1.82) is 0 Å². The van der Waals surface area contributed by atoms with Crippen LogP contribution in [0.15, 0.2) is 35.8 Å². The first-order chi connectivity index (χ1) is 14.1. The first-order valence-electron chi connectivity index (χ1n) is 9.66. The molecule has 154 valence electrons. The molecule has 2 aliphatic rings. The first kappa shape index (κ1) is 19.7. The van der Waals surface area contributed by atoms with Crippen molar-refractivity contribution >= 4 is 23.5 Å². The monoisotopic (exact) mass is 418 g/mol. The predicted octanol–water partition coefficient (Wildman–Crippen LogP) is 3.34. The van der Waals surface area contributed by atoms with Gasteiger partial charge in [-0.3, -0.25) is 0 Å². The Balaban J connectivity index is 1.66. The average Bonchev–Trinajstić information content (AvgIpc) is 3.38. The number of esters is 1. The van der Waals surface area contributed by atoms with Crippen molar-refractivity contribution in [2.24, 2.45) is 0 Å². The lowest BCUT2D eigenvalue weighted by Gasteiger charge is -2.28. The molecule has 0 amide bonds. The van der Waals surface area contributed by atoms with Crippen molar-refractivity contribution < 1.29 is 19.0 Å². The molecule has 1 aromatic carbocycles. The molecular weight excluding hydrogens is 396 g/mol. The minimum atomic E-state index is -0.515. The van der Waals surface area contributed by atoms with Gasteiger partial charge in [-0.1, -0.05) is 17.7 Å². The Morgan fingerprint density at radius 2 is 2.31 bits per heavy atom. The number of nitrogens with one attached hydrogen (secondary N) is 1. The van der Waals surface area contributed by atoms with Crippen LogP contribution in [0.5, 0.6) is 5.75 Å². The zero-order valence-corrected chi connectivity index (χ0v) is 17.1. The van der Waals surface area contributed by atoms with E-state index in [0.717, 1.165) is 18.4 Å². The SMILES string of the molecule is CCOc1ccc(C2C(C(=O)OCC3CCCO3)=C(C)Nc3ncnn32)cc1Cl. The fourth-order valence-corrected chi connectivity index (χ4v) is 3.89. The number of aromatic nitrogens is 3. The summed E-state index contributed by atoms with van der Waals surface area (Å²) in [6.07, 6.45) is 3.28. The van der Waals surface area contributed by atoms with Gasteiger partial charge in [0.25, 0.3) is 0 Å². The van der Waals surface area contributed by atoms with Gasteiger partial charge in [0.05, 0.1) is 23.3 Å². The number of allylic oxidation sites excluding steroid dienone is 1. The van der Waals surface area contributed by atoms with Gasteiger partial charge in [0.15, 0.2) is 0 Å². The highest BCUT2D eigenvalue weighted by Gasteiger charge is 2.35. The first-order valence-corrected chi connectivity index (χ1v) is 10.0. The molecule has 1 saturated heterocycles. The number of nitrogens with zero attached hydrogens (tertiary/aromatic N) is 3. The molecule has 9 heteroatoms. The summed E-state index contributed by atoms with van der Waals surface area (Å²) < 4.78 is 18.3. The average molecular weight is 419 g/mol. The van der Waals surface area contributed by atoms with Gasteiger partial charge in [0.2, 0.25) is 5.95 Å². The molecule has 0 saturated carbocycles. The molecule has 2 aliphatic heterocycles. The van der Waals surface area contributed by atoms with Crippen LogP contribution < -0.4 is 10.1 Å². The normalized spacial score (nSPS) is 20.9. The molecule has 2 atom stereocenters. The molecule has 3 heterocycles. The molecule has 8 nitrogen and oxygen atoms in total. The fourth-order valence-electron chi connectivity index (χ4n) is 3.65. The summed E-state index contributed by atoms with van der Waals surface area (Å²) in [5.41, 5.74) is 1.91. The number of carbonyl (C=O) groups is 1. The lowest BCUT2D eigenvalue weighted by Crippen LogP contribution is -2.31. The number of hydrogen-bond donors (Lipinski definition) is 1. The van der Waals surface area contributed by atoms with Crippen LogP contribution in [0.2, 0.25) is 5.02 Å². The zero-order chi connectivity index (χ0) is 20.4. The minimum absolute atomic E-state index is 0.0447. The summed E-state index contributed by atoms with van der Waals surface area (Å²) in [5, 5.41) is 7.90. The number of fused-ring (bicyclic) bond motifs is 1. The molecule has 0 spiro atoms. The van der Waals surface area contributed by atoms with Crippen LogP contribution in [-0.4, -0.2) is 46.7 Å². The number of benzene rings is 1. The van der Waals surface area contributed by atoms with Crippen molar-refractivity contribution in [2.75, 3.05) is 25.1 Å². The highest BCUT2D eigenvalue weighted by atomic mass is 35.5. The number of anilines is 1. The van der Waals surface area contributed by atoms with Gasteiger partial charge in [-0.05, 0) is 44.4 Å². The van der Waals surface area contributed by atoms with E-state index in [-0.39, 0.29) is 12.7 Å². The second-order valence-corrected chi connectivity index (χ2v) is 7.36. The quantitative estimate of drug-likeness (QED) is 0.720. The molecule has 2 aromatic rings. The van der Waals surface area contributed by atoms with E-state index in [1.165, 1.54) is 6.33 Å². The highest BCUT2D eigenvalue weighted by molar-refractivity contribution is 6.32. The maximum atomic E-state index is 13.0. The molecule has 0 radical (unpaired) electrons. The Morgan fingerprint density at radius 3 is 3.03 bits per heavy atom. The summed E-state index contributed by atoms with van der Waals surface area (Å²) in [4.78, 5) is 17.3. The number of carbonyl (C=O) groups excluding carboxylic acids is 1. The second kappa shape index (κ2) is 8.42. The van der Waals surface area contributed by atoms with Crippen LogP contribution in [0, 0.1) is 0 Å². The highest BCUT2D eigenvalue weighted by Crippen LogP contribution is 2.38. The van der Waals surface area contributed by atoms with Crippen molar-refractivity contribution in [2.45, 2.75) is 38.8 Å². The third-order valence-corrected chi connectivity index (χ3v) is 5.31. The Kier molecular flexibility index (Phi) is 5.73. The number of halogens is 1. The number of rotatable bonds is 6. The molecule has 29 heavy (non-hydrogen) atoms. The van der Waals surface area contributed by atoms with Crippen molar-refractivity contribution in [1.82, 2.24) is 14.8 Å². The van der Waals surface area contributed by atoms with E-state index in [2.05, 4.69) is 15.4 Å². The van der Waals surface area contributed by atoms with E-state index in [9.17, 15) is 4.79 Å². The van der Waals surface area contributed by atoms with Crippen molar-refractivity contribution in [3.8, 4) is 5.75 Å². The summed E-state index contributed by atoms with van der Waals surface area (Å²) in [6, 6.07) is 4.94. The van der Waals surface area contributed by atoms with Crippen LogP contribution >= 0.6 is 11.6 Å². The second-order valence-electron chi connectivity index (χ2n) is 6.95. The molecule has 0 aliphatic carbocycles. The molecule has 1 aromatic heterocycles. The van der Waals surface area contributed by atoms with E-state index in [1.807, 2.05) is 19.9 Å². The van der Waals surface area contributed by atoms with Gasteiger partial charge in [-0.25, -0.2) is 9.48 Å². The van der Waals surface area contributed by atoms with Gasteiger partial charge < -0.3 is 19.5 Å². The summed E-state index contributed by atoms with van der Waals surface area (Å²) in [6.45, 7) is 5.17. The Morgan fingerprint density at radius 1 is 1.45 bits per heavy atom. The largest absolute Gasteiger partial charge is 0.492 e. The number of ether oxygens (including phenoxy) is 3.